The predicted octanol–water partition coefficient (Wildman–Crippen LogP) is 10.8. The summed E-state index contributed by atoms with van der Waals surface area (Å²) in [5, 5.41) is 5.96. The van der Waals surface area contributed by atoms with Gasteiger partial charge in [-0.15, -0.1) is 0 Å². The molecule has 0 spiro atoms. The number of hydrogen-bond acceptors (Lipinski definition) is 2. The lowest BCUT2D eigenvalue weighted by molar-refractivity contribution is -0.117. The molecule has 2 amide bonds. The van der Waals surface area contributed by atoms with Crippen LogP contribution in [-0.2, 0) is 9.59 Å². The van der Waals surface area contributed by atoms with Crippen LogP contribution < -0.4 is 10.6 Å². The van der Waals surface area contributed by atoms with Gasteiger partial charge < -0.3 is 10.6 Å². The molecule has 0 fully saturated rings. The SMILES string of the molecule is CCCCCCCCCCCC(=O)Nc1ccc(C#CC#Cc2ccc(NC(=O)CCCCCCCCCCC)cc2)cc1. The Morgan fingerprint density at radius 3 is 1.07 bits per heavy atom. The van der Waals surface area contributed by atoms with Crippen molar-refractivity contribution in [3.05, 3.63) is 59.7 Å². The number of hydrogen-bond donors (Lipinski definition) is 2. The molecule has 0 aliphatic carbocycles. The summed E-state index contributed by atoms with van der Waals surface area (Å²) in [6.07, 6.45) is 23.6. The molecule has 0 heterocycles. The number of rotatable bonds is 22. The van der Waals surface area contributed by atoms with Gasteiger partial charge >= 0.3 is 0 Å². The van der Waals surface area contributed by atoms with Crippen LogP contribution in [0.3, 0.4) is 0 Å². The standard InChI is InChI=1S/C40H56N2O2/c1-3-5-7-9-11-13-15-17-19-25-39(43)41-37-31-27-35(28-32-37)23-21-22-24-36-29-33-38(34-30-36)42-40(44)26-20-18-16-14-12-10-8-6-4-2/h27-34H,3-20,25-26H2,1-2H3,(H,41,43)(H,42,44). The van der Waals surface area contributed by atoms with E-state index in [0.29, 0.717) is 12.8 Å². The van der Waals surface area contributed by atoms with Gasteiger partial charge in [-0.3, -0.25) is 9.59 Å². The van der Waals surface area contributed by atoms with Crippen molar-refractivity contribution < 1.29 is 9.59 Å². The summed E-state index contributed by atoms with van der Waals surface area (Å²) < 4.78 is 0. The summed E-state index contributed by atoms with van der Waals surface area (Å²) in [5.41, 5.74) is 3.29. The second kappa shape index (κ2) is 24.9. The Kier molecular flexibility index (Phi) is 20.8. The van der Waals surface area contributed by atoms with Crippen LogP contribution in [0.5, 0.6) is 0 Å². The molecule has 0 aliphatic heterocycles. The third-order valence-corrected chi connectivity index (χ3v) is 7.83. The maximum atomic E-state index is 12.3. The van der Waals surface area contributed by atoms with Gasteiger partial charge in [-0.2, -0.15) is 0 Å². The van der Waals surface area contributed by atoms with E-state index in [1.54, 1.807) is 0 Å². The van der Waals surface area contributed by atoms with Crippen LogP contribution in [0.4, 0.5) is 11.4 Å². The zero-order valence-electron chi connectivity index (χ0n) is 27.6. The fourth-order valence-electron chi connectivity index (χ4n) is 5.12. The summed E-state index contributed by atoms with van der Waals surface area (Å²) in [5.74, 6) is 12.0. The van der Waals surface area contributed by atoms with Crippen LogP contribution in [0, 0.1) is 23.7 Å². The zero-order valence-corrected chi connectivity index (χ0v) is 27.6. The second-order valence-corrected chi connectivity index (χ2v) is 11.9. The smallest absolute Gasteiger partial charge is 0.224 e. The number of anilines is 2. The second-order valence-electron chi connectivity index (χ2n) is 11.9. The van der Waals surface area contributed by atoms with E-state index in [9.17, 15) is 9.59 Å². The monoisotopic (exact) mass is 596 g/mol. The quantitative estimate of drug-likeness (QED) is 0.105. The van der Waals surface area contributed by atoms with Gasteiger partial charge in [0.2, 0.25) is 11.8 Å². The first-order chi connectivity index (χ1) is 21.6. The van der Waals surface area contributed by atoms with E-state index in [1.807, 2.05) is 48.5 Å². The van der Waals surface area contributed by atoms with Crippen molar-refractivity contribution in [1.82, 2.24) is 0 Å². The number of carbonyl (C=O) groups excluding carboxylic acids is 2. The van der Waals surface area contributed by atoms with E-state index in [-0.39, 0.29) is 11.8 Å². The van der Waals surface area contributed by atoms with Crippen molar-refractivity contribution in [2.45, 2.75) is 142 Å². The third kappa shape index (κ3) is 18.9. The fraction of sp³-hybridized carbons (Fsp3) is 0.550. The molecule has 2 rings (SSSR count). The van der Waals surface area contributed by atoms with Gasteiger partial charge in [0.05, 0.1) is 0 Å². The number of amides is 2. The first kappa shape index (κ1) is 36.7. The molecule has 0 bridgehead atoms. The van der Waals surface area contributed by atoms with Gasteiger partial charge in [0, 0.05) is 35.3 Å². The molecule has 0 radical (unpaired) electrons. The molecular formula is C40H56N2O2. The molecule has 0 saturated carbocycles. The van der Waals surface area contributed by atoms with Crippen molar-refractivity contribution in [1.29, 1.82) is 0 Å². The molecule has 0 aliphatic rings. The lowest BCUT2D eigenvalue weighted by Crippen LogP contribution is -2.10. The Morgan fingerprint density at radius 1 is 0.455 bits per heavy atom. The minimum absolute atomic E-state index is 0.0713. The van der Waals surface area contributed by atoms with Crippen LogP contribution in [0.2, 0.25) is 0 Å². The van der Waals surface area contributed by atoms with Gasteiger partial charge in [0.15, 0.2) is 0 Å². The van der Waals surface area contributed by atoms with E-state index in [2.05, 4.69) is 48.2 Å². The van der Waals surface area contributed by atoms with Gasteiger partial charge in [-0.25, -0.2) is 0 Å². The number of carbonyl (C=O) groups is 2. The molecule has 4 heteroatoms. The summed E-state index contributed by atoms with van der Waals surface area (Å²) in [4.78, 5) is 24.5. The lowest BCUT2D eigenvalue weighted by Gasteiger charge is -2.05. The van der Waals surface area contributed by atoms with Gasteiger partial charge in [0.25, 0.3) is 0 Å². The molecule has 0 unspecified atom stereocenters. The number of nitrogens with one attached hydrogen (secondary N) is 2. The van der Waals surface area contributed by atoms with Crippen molar-refractivity contribution in [2.24, 2.45) is 0 Å². The van der Waals surface area contributed by atoms with Crippen molar-refractivity contribution in [2.75, 3.05) is 10.6 Å². The van der Waals surface area contributed by atoms with E-state index in [4.69, 9.17) is 0 Å². The first-order valence-electron chi connectivity index (χ1n) is 17.4. The normalized spacial score (nSPS) is 10.3. The maximum Gasteiger partial charge on any atom is 0.224 e. The Balaban J connectivity index is 1.61. The molecule has 2 N–H and O–H groups in total. The largest absolute Gasteiger partial charge is 0.326 e. The first-order valence-corrected chi connectivity index (χ1v) is 17.4. The van der Waals surface area contributed by atoms with Crippen molar-refractivity contribution in [3.63, 3.8) is 0 Å². The van der Waals surface area contributed by atoms with Crippen LogP contribution >= 0.6 is 0 Å². The van der Waals surface area contributed by atoms with Crippen LogP contribution in [-0.4, -0.2) is 11.8 Å². The molecular weight excluding hydrogens is 540 g/mol. The number of benzene rings is 2. The summed E-state index contributed by atoms with van der Waals surface area (Å²) in [6.45, 7) is 4.49. The molecule has 0 saturated heterocycles. The van der Waals surface area contributed by atoms with Gasteiger partial charge in [-0.05, 0) is 73.2 Å². The summed E-state index contributed by atoms with van der Waals surface area (Å²) in [6, 6.07) is 15.1. The molecule has 2 aromatic carbocycles. The van der Waals surface area contributed by atoms with E-state index in [1.165, 1.54) is 89.9 Å². The summed E-state index contributed by atoms with van der Waals surface area (Å²) in [7, 11) is 0. The topological polar surface area (TPSA) is 58.2 Å². The Labute approximate surface area is 268 Å². The highest BCUT2D eigenvalue weighted by molar-refractivity contribution is 5.91. The van der Waals surface area contributed by atoms with Crippen molar-refractivity contribution in [3.8, 4) is 23.7 Å². The highest BCUT2D eigenvalue weighted by Gasteiger charge is 2.04. The van der Waals surface area contributed by atoms with Crippen LogP contribution in [0.1, 0.15) is 153 Å². The molecule has 0 aromatic heterocycles. The van der Waals surface area contributed by atoms with Crippen molar-refractivity contribution >= 4 is 23.2 Å². The molecule has 4 nitrogen and oxygen atoms in total. The highest BCUT2D eigenvalue weighted by atomic mass is 16.2. The predicted molar refractivity (Wildman–Crippen MR) is 188 cm³/mol. The van der Waals surface area contributed by atoms with E-state index < -0.39 is 0 Å². The van der Waals surface area contributed by atoms with E-state index in [0.717, 1.165) is 48.2 Å². The minimum Gasteiger partial charge on any atom is -0.326 e. The minimum atomic E-state index is 0.0713. The van der Waals surface area contributed by atoms with Crippen LogP contribution in [0.25, 0.3) is 0 Å². The number of unbranched alkanes of at least 4 members (excludes halogenated alkanes) is 16. The third-order valence-electron chi connectivity index (χ3n) is 7.83. The van der Waals surface area contributed by atoms with Gasteiger partial charge in [-0.1, -0.05) is 128 Å². The zero-order chi connectivity index (χ0) is 31.5. The molecule has 2 aromatic rings. The molecule has 238 valence electrons. The lowest BCUT2D eigenvalue weighted by atomic mass is 10.1. The summed E-state index contributed by atoms with van der Waals surface area (Å²) >= 11 is 0. The maximum absolute atomic E-state index is 12.3. The molecule has 44 heavy (non-hydrogen) atoms. The highest BCUT2D eigenvalue weighted by Crippen LogP contribution is 2.14. The van der Waals surface area contributed by atoms with E-state index >= 15 is 0 Å². The molecule has 0 atom stereocenters. The Hall–Kier alpha value is -3.50. The van der Waals surface area contributed by atoms with Crippen LogP contribution in [0.15, 0.2) is 48.5 Å². The Morgan fingerprint density at radius 2 is 0.750 bits per heavy atom. The average molecular weight is 597 g/mol. The Bertz CT molecular complexity index is 1080. The fourth-order valence-corrected chi connectivity index (χ4v) is 5.12. The van der Waals surface area contributed by atoms with Gasteiger partial charge in [0.1, 0.15) is 0 Å². The average Bonchev–Trinajstić information content (AvgIpc) is 3.03.